The maximum atomic E-state index is 11.0. The summed E-state index contributed by atoms with van der Waals surface area (Å²) >= 11 is 0. The van der Waals surface area contributed by atoms with Crippen LogP contribution in [0, 0.1) is 21.4 Å². The van der Waals surface area contributed by atoms with Crippen LogP contribution in [-0.2, 0) is 0 Å². The fourth-order valence-electron chi connectivity index (χ4n) is 1.67. The Morgan fingerprint density at radius 2 is 2.11 bits per heavy atom. The molecule has 0 unspecified atom stereocenters. The molecule has 3 N–H and O–H groups in total. The van der Waals surface area contributed by atoms with Crippen molar-refractivity contribution < 1.29 is 4.92 Å². The van der Waals surface area contributed by atoms with Crippen LogP contribution in [0.4, 0.5) is 11.4 Å². The van der Waals surface area contributed by atoms with E-state index in [0.717, 1.165) is 12.8 Å². The average molecular weight is 262 g/mol. The topological polar surface area (TPSA) is 105 Å². The maximum absolute atomic E-state index is 11.0. The number of anilines is 1. The van der Waals surface area contributed by atoms with Gasteiger partial charge in [-0.05, 0) is 25.0 Å². The number of hydrogen-bond donors (Lipinski definition) is 2. The lowest BCUT2D eigenvalue weighted by molar-refractivity contribution is -0.384. The van der Waals surface area contributed by atoms with E-state index in [4.69, 9.17) is 11.0 Å². The second-order valence-electron chi connectivity index (χ2n) is 4.52. The van der Waals surface area contributed by atoms with E-state index in [1.165, 1.54) is 6.07 Å². The van der Waals surface area contributed by atoms with Crippen LogP contribution >= 0.6 is 0 Å². The molecule has 1 rings (SSSR count). The van der Waals surface area contributed by atoms with Gasteiger partial charge in [-0.25, -0.2) is 0 Å². The van der Waals surface area contributed by atoms with Crippen LogP contribution in [0.1, 0.15) is 32.3 Å². The molecule has 19 heavy (non-hydrogen) atoms. The summed E-state index contributed by atoms with van der Waals surface area (Å²) in [4.78, 5) is 10.5. The van der Waals surface area contributed by atoms with Gasteiger partial charge in [0.05, 0.1) is 16.6 Å². The first kappa shape index (κ1) is 14.9. The normalized spacial score (nSPS) is 10.8. The second kappa shape index (κ2) is 6.16. The van der Waals surface area contributed by atoms with Crippen molar-refractivity contribution in [3.63, 3.8) is 0 Å². The Morgan fingerprint density at radius 1 is 1.47 bits per heavy atom. The number of rotatable bonds is 6. The van der Waals surface area contributed by atoms with Gasteiger partial charge in [0.1, 0.15) is 5.69 Å². The van der Waals surface area contributed by atoms with Crippen molar-refractivity contribution in [2.75, 3.05) is 11.9 Å². The van der Waals surface area contributed by atoms with Gasteiger partial charge in [-0.1, -0.05) is 13.8 Å². The Morgan fingerprint density at radius 3 is 2.58 bits per heavy atom. The monoisotopic (exact) mass is 262 g/mol. The molecule has 0 radical (unpaired) electrons. The molecule has 0 fully saturated rings. The van der Waals surface area contributed by atoms with Crippen LogP contribution in [0.5, 0.6) is 0 Å². The molecule has 6 nitrogen and oxygen atoms in total. The summed E-state index contributed by atoms with van der Waals surface area (Å²) in [5, 5.41) is 22.7. The lowest BCUT2D eigenvalue weighted by atomic mass is 9.94. The molecule has 1 aromatic rings. The first-order valence-corrected chi connectivity index (χ1v) is 6.17. The quantitative estimate of drug-likeness (QED) is 0.605. The summed E-state index contributed by atoms with van der Waals surface area (Å²) in [6, 6.07) is 6.24. The van der Waals surface area contributed by atoms with E-state index in [-0.39, 0.29) is 16.8 Å². The summed E-state index contributed by atoms with van der Waals surface area (Å²) in [7, 11) is 0. The molecule has 1 aromatic carbocycles. The minimum absolute atomic E-state index is 0.103. The molecular weight excluding hydrogens is 244 g/mol. The summed E-state index contributed by atoms with van der Waals surface area (Å²) in [5.74, 6) is 0. The van der Waals surface area contributed by atoms with E-state index < -0.39 is 4.92 Å². The standard InChI is InChI=1S/C13H18N4O2/c1-3-13(15,4-2)9-16-11-6-5-10(8-14)7-12(11)17(18)19/h5-7,16H,3-4,9,15H2,1-2H3. The zero-order valence-electron chi connectivity index (χ0n) is 11.1. The number of benzene rings is 1. The molecular formula is C13H18N4O2. The summed E-state index contributed by atoms with van der Waals surface area (Å²) in [6.07, 6.45) is 1.56. The lowest BCUT2D eigenvalue weighted by Crippen LogP contribution is -2.45. The Balaban J connectivity index is 2.96. The van der Waals surface area contributed by atoms with E-state index in [9.17, 15) is 10.1 Å². The number of nitro groups is 1. The van der Waals surface area contributed by atoms with Gasteiger partial charge in [0, 0.05) is 18.2 Å². The van der Waals surface area contributed by atoms with Crippen molar-refractivity contribution in [2.45, 2.75) is 32.2 Å². The first-order chi connectivity index (χ1) is 8.95. The summed E-state index contributed by atoms with van der Waals surface area (Å²) in [5.41, 5.74) is 6.31. The van der Waals surface area contributed by atoms with Gasteiger partial charge < -0.3 is 11.1 Å². The third kappa shape index (κ3) is 3.66. The molecule has 0 heterocycles. The van der Waals surface area contributed by atoms with Crippen molar-refractivity contribution in [3.8, 4) is 6.07 Å². The SMILES string of the molecule is CCC(N)(CC)CNc1ccc(C#N)cc1[N+](=O)[O-]. The predicted octanol–water partition coefficient (Wildman–Crippen LogP) is 2.40. The number of nitrogens with two attached hydrogens (primary N) is 1. The molecule has 0 saturated heterocycles. The highest BCUT2D eigenvalue weighted by molar-refractivity contribution is 5.64. The summed E-state index contributed by atoms with van der Waals surface area (Å²) < 4.78 is 0. The minimum Gasteiger partial charge on any atom is -0.378 e. The van der Waals surface area contributed by atoms with Gasteiger partial charge in [0.2, 0.25) is 0 Å². The molecule has 0 amide bonds. The fraction of sp³-hybridized carbons (Fsp3) is 0.462. The van der Waals surface area contributed by atoms with E-state index in [0.29, 0.717) is 12.2 Å². The highest BCUT2D eigenvalue weighted by Crippen LogP contribution is 2.26. The number of nitriles is 1. The van der Waals surface area contributed by atoms with Crippen LogP contribution in [0.2, 0.25) is 0 Å². The molecule has 0 aromatic heterocycles. The van der Waals surface area contributed by atoms with Crippen LogP contribution in [0.15, 0.2) is 18.2 Å². The Kier molecular flexibility index (Phi) is 4.84. The van der Waals surface area contributed by atoms with Crippen molar-refractivity contribution in [1.82, 2.24) is 0 Å². The lowest BCUT2D eigenvalue weighted by Gasteiger charge is -2.27. The Hall–Kier alpha value is -2.13. The molecule has 0 aliphatic heterocycles. The molecule has 102 valence electrons. The van der Waals surface area contributed by atoms with Gasteiger partial charge >= 0.3 is 0 Å². The van der Waals surface area contributed by atoms with E-state index in [1.807, 2.05) is 19.9 Å². The zero-order valence-corrected chi connectivity index (χ0v) is 11.1. The Labute approximate surface area is 112 Å². The van der Waals surface area contributed by atoms with Crippen LogP contribution in [-0.4, -0.2) is 17.0 Å². The fourth-order valence-corrected chi connectivity index (χ4v) is 1.67. The van der Waals surface area contributed by atoms with Crippen molar-refractivity contribution in [2.24, 2.45) is 5.73 Å². The van der Waals surface area contributed by atoms with E-state index >= 15 is 0 Å². The zero-order chi connectivity index (χ0) is 14.5. The molecule has 0 spiro atoms. The number of nitrogens with zero attached hydrogens (tertiary/aromatic N) is 2. The van der Waals surface area contributed by atoms with Gasteiger partial charge in [0.25, 0.3) is 5.69 Å². The summed E-state index contributed by atoms with van der Waals surface area (Å²) in [6.45, 7) is 4.42. The highest BCUT2D eigenvalue weighted by atomic mass is 16.6. The predicted molar refractivity (Wildman–Crippen MR) is 73.8 cm³/mol. The molecule has 0 saturated carbocycles. The van der Waals surface area contributed by atoms with Gasteiger partial charge in [0.15, 0.2) is 0 Å². The van der Waals surface area contributed by atoms with Gasteiger partial charge in [-0.2, -0.15) is 5.26 Å². The van der Waals surface area contributed by atoms with Crippen LogP contribution in [0.25, 0.3) is 0 Å². The highest BCUT2D eigenvalue weighted by Gasteiger charge is 2.22. The van der Waals surface area contributed by atoms with Gasteiger partial charge in [-0.15, -0.1) is 0 Å². The molecule has 6 heteroatoms. The number of hydrogen-bond acceptors (Lipinski definition) is 5. The Bertz CT molecular complexity index is 504. The molecule has 0 atom stereocenters. The van der Waals surface area contributed by atoms with E-state index in [2.05, 4.69) is 5.32 Å². The number of nitrogens with one attached hydrogen (secondary N) is 1. The third-order valence-corrected chi connectivity index (χ3v) is 3.36. The third-order valence-electron chi connectivity index (χ3n) is 3.36. The van der Waals surface area contributed by atoms with E-state index in [1.54, 1.807) is 12.1 Å². The van der Waals surface area contributed by atoms with Crippen molar-refractivity contribution in [1.29, 1.82) is 5.26 Å². The molecule has 0 aliphatic rings. The van der Waals surface area contributed by atoms with Crippen LogP contribution in [0.3, 0.4) is 0 Å². The minimum atomic E-state index is -0.501. The maximum Gasteiger partial charge on any atom is 0.293 e. The number of nitro benzene ring substituents is 1. The molecule has 0 aliphatic carbocycles. The smallest absolute Gasteiger partial charge is 0.293 e. The van der Waals surface area contributed by atoms with Gasteiger partial charge in [-0.3, -0.25) is 10.1 Å². The second-order valence-corrected chi connectivity index (χ2v) is 4.52. The first-order valence-electron chi connectivity index (χ1n) is 6.17. The van der Waals surface area contributed by atoms with Crippen molar-refractivity contribution >= 4 is 11.4 Å². The average Bonchev–Trinajstić information content (AvgIpc) is 2.44. The molecule has 0 bridgehead atoms. The largest absolute Gasteiger partial charge is 0.378 e. The van der Waals surface area contributed by atoms with Crippen LogP contribution < -0.4 is 11.1 Å². The van der Waals surface area contributed by atoms with Crippen molar-refractivity contribution in [3.05, 3.63) is 33.9 Å².